The third-order valence-corrected chi connectivity index (χ3v) is 15.4. The molecule has 11 aromatic rings. The van der Waals surface area contributed by atoms with Gasteiger partial charge >= 0.3 is 0 Å². The first-order chi connectivity index (χ1) is 35.6. The van der Waals surface area contributed by atoms with Gasteiger partial charge < -0.3 is 9.80 Å². The first-order valence-electron chi connectivity index (χ1n) is 25.1. The summed E-state index contributed by atoms with van der Waals surface area (Å²) < 4.78 is 0. The molecule has 13 rings (SSSR count). The minimum absolute atomic E-state index is 0.591. The summed E-state index contributed by atoms with van der Waals surface area (Å²) in [4.78, 5) is 4.93. The quantitative estimate of drug-likeness (QED) is 0.135. The van der Waals surface area contributed by atoms with Crippen molar-refractivity contribution in [1.82, 2.24) is 0 Å². The van der Waals surface area contributed by atoms with Crippen molar-refractivity contribution >= 4 is 34.1 Å². The molecular formula is C70H52N2. The van der Waals surface area contributed by atoms with Crippen molar-refractivity contribution in [2.24, 2.45) is 0 Å². The highest BCUT2D eigenvalue weighted by Gasteiger charge is 2.49. The molecular weight excluding hydrogens is 869 g/mol. The van der Waals surface area contributed by atoms with Crippen LogP contribution in [-0.4, -0.2) is 0 Å². The molecule has 2 aliphatic carbocycles. The zero-order valence-corrected chi connectivity index (χ0v) is 40.5. The number of hydrogen-bond acceptors (Lipinski definition) is 2. The number of rotatable bonds is 10. The summed E-state index contributed by atoms with van der Waals surface area (Å²) in [6.07, 6.45) is 0. The fraction of sp³-hybridized carbons (Fsp3) is 0.0571. The molecule has 0 saturated heterocycles. The standard InChI is InChI=1S/C70H52N2/c1-49-37-41-53(42-38-49)71(67-35-19-17-33-65(67)69(51-21-5-3-6-22-51)61-29-13-9-25-57(61)58-26-10-14-30-62(58)69)55-45-47-56(48-46-55)72(54-43-39-50(2)40-44-54)68-36-20-18-34-66(68)70(52-23-7-4-8-24-52)63-31-15-11-27-59(63)60-28-12-16-32-64(60)70/h3-48H,1-2H3. The summed E-state index contributed by atoms with van der Waals surface area (Å²) in [5.41, 5.74) is 23.0. The zero-order valence-electron chi connectivity index (χ0n) is 40.5. The summed E-state index contributed by atoms with van der Waals surface area (Å²) >= 11 is 0. The van der Waals surface area contributed by atoms with Crippen LogP contribution in [0.1, 0.15) is 55.6 Å². The van der Waals surface area contributed by atoms with E-state index in [9.17, 15) is 0 Å². The number of fused-ring (bicyclic) bond motifs is 6. The van der Waals surface area contributed by atoms with E-state index in [1.807, 2.05) is 0 Å². The van der Waals surface area contributed by atoms with E-state index in [4.69, 9.17) is 0 Å². The van der Waals surface area contributed by atoms with Gasteiger partial charge in [0, 0.05) is 22.7 Å². The lowest BCUT2D eigenvalue weighted by atomic mass is 9.67. The lowest BCUT2D eigenvalue weighted by Gasteiger charge is -2.39. The van der Waals surface area contributed by atoms with Crippen LogP contribution < -0.4 is 9.80 Å². The summed E-state index contributed by atoms with van der Waals surface area (Å²) in [6, 6.07) is 104. The number of para-hydroxylation sites is 2. The molecule has 0 bridgehead atoms. The SMILES string of the molecule is Cc1ccc(N(c2ccc(N(c3ccc(C)cc3)c3ccccc3C3(c4ccccc4)c4ccccc4-c4ccccc43)cc2)c2ccccc2C2(c3ccccc3)c3ccccc3-c3ccccc32)cc1. The van der Waals surface area contributed by atoms with E-state index in [1.165, 1.54) is 77.9 Å². The number of aryl methyl sites for hydroxylation is 2. The third kappa shape index (κ3) is 6.56. The van der Waals surface area contributed by atoms with E-state index in [0.717, 1.165) is 34.1 Å². The van der Waals surface area contributed by atoms with Crippen molar-refractivity contribution in [3.8, 4) is 22.3 Å². The van der Waals surface area contributed by atoms with E-state index in [1.54, 1.807) is 0 Å². The summed E-state index contributed by atoms with van der Waals surface area (Å²) in [6.45, 7) is 4.33. The molecule has 11 aromatic carbocycles. The zero-order chi connectivity index (χ0) is 48.2. The van der Waals surface area contributed by atoms with Gasteiger partial charge in [-0.25, -0.2) is 0 Å². The van der Waals surface area contributed by atoms with Crippen LogP contribution in [0.4, 0.5) is 34.1 Å². The van der Waals surface area contributed by atoms with Crippen molar-refractivity contribution in [3.05, 3.63) is 335 Å². The Morgan fingerprint density at radius 1 is 0.222 bits per heavy atom. The predicted octanol–water partition coefficient (Wildman–Crippen LogP) is 18.0. The van der Waals surface area contributed by atoms with Gasteiger partial charge in [-0.15, -0.1) is 0 Å². The Morgan fingerprint density at radius 2 is 0.458 bits per heavy atom. The normalized spacial score (nSPS) is 13.4. The number of hydrogen-bond donors (Lipinski definition) is 0. The highest BCUT2D eigenvalue weighted by Crippen LogP contribution is 2.60. The van der Waals surface area contributed by atoms with Crippen molar-refractivity contribution in [3.63, 3.8) is 0 Å². The van der Waals surface area contributed by atoms with E-state index < -0.39 is 10.8 Å². The minimum Gasteiger partial charge on any atom is -0.310 e. The predicted molar refractivity (Wildman–Crippen MR) is 300 cm³/mol. The number of anilines is 6. The van der Waals surface area contributed by atoms with Crippen LogP contribution in [0.5, 0.6) is 0 Å². The molecule has 342 valence electrons. The molecule has 0 saturated carbocycles. The second kappa shape index (κ2) is 17.5. The Hall–Kier alpha value is -8.98. The van der Waals surface area contributed by atoms with Crippen molar-refractivity contribution in [1.29, 1.82) is 0 Å². The van der Waals surface area contributed by atoms with Gasteiger partial charge in [0.25, 0.3) is 0 Å². The molecule has 0 amide bonds. The van der Waals surface area contributed by atoms with Crippen LogP contribution in [0, 0.1) is 13.8 Å². The lowest BCUT2D eigenvalue weighted by molar-refractivity contribution is 0.767. The van der Waals surface area contributed by atoms with Crippen LogP contribution in [-0.2, 0) is 10.8 Å². The summed E-state index contributed by atoms with van der Waals surface area (Å²) in [5, 5.41) is 0. The van der Waals surface area contributed by atoms with Crippen LogP contribution in [0.3, 0.4) is 0 Å². The van der Waals surface area contributed by atoms with Crippen LogP contribution in [0.15, 0.2) is 279 Å². The highest BCUT2D eigenvalue weighted by atomic mass is 15.2. The molecule has 2 heteroatoms. The molecule has 0 atom stereocenters. The lowest BCUT2D eigenvalue weighted by Crippen LogP contribution is -2.31. The van der Waals surface area contributed by atoms with Gasteiger partial charge in [-0.3, -0.25) is 0 Å². The molecule has 0 spiro atoms. The van der Waals surface area contributed by atoms with Gasteiger partial charge in [-0.1, -0.05) is 230 Å². The molecule has 2 aliphatic rings. The topological polar surface area (TPSA) is 6.48 Å². The van der Waals surface area contributed by atoms with Gasteiger partial charge in [-0.2, -0.15) is 0 Å². The fourth-order valence-electron chi connectivity index (χ4n) is 12.3. The largest absolute Gasteiger partial charge is 0.310 e. The van der Waals surface area contributed by atoms with Crippen molar-refractivity contribution < 1.29 is 0 Å². The molecule has 0 fully saturated rings. The Balaban J connectivity index is 1.03. The minimum atomic E-state index is -0.591. The number of nitrogens with zero attached hydrogens (tertiary/aromatic N) is 2. The van der Waals surface area contributed by atoms with Crippen LogP contribution in [0.25, 0.3) is 22.3 Å². The van der Waals surface area contributed by atoms with Crippen LogP contribution in [0.2, 0.25) is 0 Å². The van der Waals surface area contributed by atoms with E-state index in [0.29, 0.717) is 0 Å². The van der Waals surface area contributed by atoms with Gasteiger partial charge in [0.2, 0.25) is 0 Å². The molecule has 72 heavy (non-hydrogen) atoms. The van der Waals surface area contributed by atoms with Crippen molar-refractivity contribution in [2.45, 2.75) is 24.7 Å². The van der Waals surface area contributed by atoms with Crippen molar-refractivity contribution in [2.75, 3.05) is 9.80 Å². The Morgan fingerprint density at radius 3 is 0.764 bits per heavy atom. The summed E-state index contributed by atoms with van der Waals surface area (Å²) in [5.74, 6) is 0. The van der Waals surface area contributed by atoms with E-state index in [-0.39, 0.29) is 0 Å². The van der Waals surface area contributed by atoms with Crippen LogP contribution >= 0.6 is 0 Å². The molecule has 0 heterocycles. The smallest absolute Gasteiger partial charge is 0.0733 e. The maximum absolute atomic E-state index is 2.47. The second-order valence-corrected chi connectivity index (χ2v) is 19.3. The average molecular weight is 921 g/mol. The second-order valence-electron chi connectivity index (χ2n) is 19.3. The molecule has 0 aromatic heterocycles. The third-order valence-electron chi connectivity index (χ3n) is 15.4. The molecule has 0 N–H and O–H groups in total. The maximum Gasteiger partial charge on any atom is 0.0733 e. The molecule has 0 radical (unpaired) electrons. The highest BCUT2D eigenvalue weighted by molar-refractivity contribution is 5.93. The molecule has 2 nitrogen and oxygen atoms in total. The van der Waals surface area contributed by atoms with E-state index in [2.05, 4.69) is 303 Å². The Bertz CT molecular complexity index is 3420. The average Bonchev–Trinajstić information content (AvgIpc) is 3.92. The van der Waals surface area contributed by atoms with Gasteiger partial charge in [-0.05, 0) is 141 Å². The monoisotopic (exact) mass is 920 g/mol. The Kier molecular flexibility index (Phi) is 10.4. The van der Waals surface area contributed by atoms with Gasteiger partial charge in [0.05, 0.1) is 22.2 Å². The Labute approximate surface area is 423 Å². The first kappa shape index (κ1) is 43.1. The molecule has 0 aliphatic heterocycles. The van der Waals surface area contributed by atoms with E-state index >= 15 is 0 Å². The van der Waals surface area contributed by atoms with Gasteiger partial charge in [0.1, 0.15) is 0 Å². The maximum atomic E-state index is 2.47. The first-order valence-corrected chi connectivity index (χ1v) is 25.1. The fourth-order valence-corrected chi connectivity index (χ4v) is 12.3. The van der Waals surface area contributed by atoms with Gasteiger partial charge in [0.15, 0.2) is 0 Å². The number of benzene rings is 11. The summed E-state index contributed by atoms with van der Waals surface area (Å²) in [7, 11) is 0. The molecule has 0 unspecified atom stereocenters.